The predicted octanol–water partition coefficient (Wildman–Crippen LogP) is 1.12. The molecule has 3 heterocycles. The van der Waals surface area contributed by atoms with E-state index in [2.05, 4.69) is 15.4 Å². The lowest BCUT2D eigenvalue weighted by atomic mass is 10.1. The quantitative estimate of drug-likeness (QED) is 0.656. The number of hydrogen-bond acceptors (Lipinski definition) is 5. The molecule has 0 radical (unpaired) electrons. The number of rotatable bonds is 4. The van der Waals surface area contributed by atoms with Crippen LogP contribution in [0, 0.1) is 0 Å². The Kier molecular flexibility index (Phi) is 4.77. The van der Waals surface area contributed by atoms with Crippen molar-refractivity contribution in [2.45, 2.75) is 25.2 Å². The summed E-state index contributed by atoms with van der Waals surface area (Å²) >= 11 is 0. The zero-order valence-electron chi connectivity index (χ0n) is 16.5. The molecular formula is C19H22FN7O2. The summed E-state index contributed by atoms with van der Waals surface area (Å²) in [4.78, 5) is 28.1. The molecule has 0 N–H and O–H groups in total. The number of aromatic nitrogens is 5. The Morgan fingerprint density at radius 3 is 2.79 bits per heavy atom. The Bertz CT molecular complexity index is 1070. The van der Waals surface area contributed by atoms with Crippen molar-refractivity contribution in [1.82, 2.24) is 34.6 Å². The molecule has 1 aromatic carbocycles. The Labute approximate surface area is 166 Å². The predicted molar refractivity (Wildman–Crippen MR) is 103 cm³/mol. The first-order valence-electron chi connectivity index (χ1n) is 9.33. The normalized spacial score (nSPS) is 19.1. The Balaban J connectivity index is 1.58. The van der Waals surface area contributed by atoms with Gasteiger partial charge < -0.3 is 9.80 Å². The van der Waals surface area contributed by atoms with Crippen LogP contribution in [-0.2, 0) is 13.6 Å². The summed E-state index contributed by atoms with van der Waals surface area (Å²) in [6.07, 6.45) is 0.602. The Morgan fingerprint density at radius 2 is 2.03 bits per heavy atom. The molecule has 9 nitrogen and oxygen atoms in total. The fraction of sp³-hybridized carbons (Fsp3) is 0.421. The fourth-order valence-electron chi connectivity index (χ4n) is 3.72. The average molecular weight is 399 g/mol. The molecule has 0 unspecified atom stereocenters. The number of benzene rings is 1. The molecule has 2 atom stereocenters. The summed E-state index contributed by atoms with van der Waals surface area (Å²) in [6, 6.07) is 7.05. The van der Waals surface area contributed by atoms with Crippen molar-refractivity contribution in [1.29, 1.82) is 0 Å². The topological polar surface area (TPSA) is 89.2 Å². The van der Waals surface area contributed by atoms with Crippen molar-refractivity contribution in [3.8, 4) is 0 Å². The fourth-order valence-corrected chi connectivity index (χ4v) is 3.72. The minimum absolute atomic E-state index is 0.00653. The van der Waals surface area contributed by atoms with Crippen LogP contribution in [0.1, 0.15) is 27.4 Å². The van der Waals surface area contributed by atoms with Gasteiger partial charge in [0, 0.05) is 33.0 Å². The van der Waals surface area contributed by atoms with Gasteiger partial charge >= 0.3 is 0 Å². The highest BCUT2D eigenvalue weighted by atomic mass is 19.1. The smallest absolute Gasteiger partial charge is 0.275 e. The van der Waals surface area contributed by atoms with Crippen LogP contribution in [0.2, 0.25) is 0 Å². The van der Waals surface area contributed by atoms with Gasteiger partial charge in [0.15, 0.2) is 11.4 Å². The van der Waals surface area contributed by atoms with Gasteiger partial charge in [-0.2, -0.15) is 5.10 Å². The summed E-state index contributed by atoms with van der Waals surface area (Å²) in [5, 5.41) is 12.9. The van der Waals surface area contributed by atoms with E-state index in [0.717, 1.165) is 10.9 Å². The minimum Gasteiger partial charge on any atom is -0.343 e. The van der Waals surface area contributed by atoms with Crippen LogP contribution in [0.5, 0.6) is 0 Å². The molecule has 4 rings (SSSR count). The van der Waals surface area contributed by atoms with Crippen LogP contribution in [0.3, 0.4) is 0 Å². The van der Waals surface area contributed by atoms with Crippen molar-refractivity contribution >= 4 is 22.7 Å². The number of para-hydroxylation sites is 1. The highest BCUT2D eigenvalue weighted by Crippen LogP contribution is 2.26. The van der Waals surface area contributed by atoms with Crippen molar-refractivity contribution in [3.63, 3.8) is 0 Å². The number of fused-ring (bicyclic) bond motifs is 1. The van der Waals surface area contributed by atoms with E-state index in [0.29, 0.717) is 5.69 Å². The molecular weight excluding hydrogens is 377 g/mol. The molecule has 1 aliphatic heterocycles. The maximum atomic E-state index is 14.2. The largest absolute Gasteiger partial charge is 0.343 e. The van der Waals surface area contributed by atoms with Crippen molar-refractivity contribution in [2.24, 2.45) is 7.05 Å². The van der Waals surface area contributed by atoms with Crippen LogP contribution in [0.4, 0.5) is 4.39 Å². The third-order valence-electron chi connectivity index (χ3n) is 5.15. The van der Waals surface area contributed by atoms with Gasteiger partial charge in [0.05, 0.1) is 30.8 Å². The first-order valence-corrected chi connectivity index (χ1v) is 9.33. The molecule has 0 saturated carbocycles. The van der Waals surface area contributed by atoms with Crippen molar-refractivity contribution in [2.75, 3.05) is 20.6 Å². The van der Waals surface area contributed by atoms with E-state index in [1.54, 1.807) is 25.8 Å². The number of likely N-dealkylation sites (tertiary alicyclic amines) is 1. The molecule has 2 aromatic heterocycles. The van der Waals surface area contributed by atoms with Crippen LogP contribution in [0.15, 0.2) is 30.5 Å². The zero-order chi connectivity index (χ0) is 20.7. The molecule has 3 aromatic rings. The standard InChI is InChI=1S/C19H22FN7O2/c1-24(2)18(28)15-11-26(23-21-15)10-13-8-12(20)9-27(13)19(29)17-14-6-4-5-7-16(14)25(3)22-17/h4-7,11-13H,8-10H2,1-3H3/t12-,13-/m0/s1. The second kappa shape index (κ2) is 7.26. The molecule has 1 fully saturated rings. The second-order valence-corrected chi connectivity index (χ2v) is 7.46. The third-order valence-corrected chi connectivity index (χ3v) is 5.15. The number of aryl methyl sites for hydroxylation is 1. The van der Waals surface area contributed by atoms with E-state index in [1.165, 1.54) is 20.7 Å². The lowest BCUT2D eigenvalue weighted by Gasteiger charge is -2.23. The van der Waals surface area contributed by atoms with Gasteiger partial charge in [-0.1, -0.05) is 23.4 Å². The number of alkyl halides is 1. The Morgan fingerprint density at radius 1 is 1.28 bits per heavy atom. The van der Waals surface area contributed by atoms with Gasteiger partial charge in [-0.15, -0.1) is 5.10 Å². The second-order valence-electron chi connectivity index (χ2n) is 7.46. The van der Waals surface area contributed by atoms with Gasteiger partial charge in [0.2, 0.25) is 0 Å². The van der Waals surface area contributed by atoms with Gasteiger partial charge in [-0.05, 0) is 6.07 Å². The van der Waals surface area contributed by atoms with Crippen LogP contribution >= 0.6 is 0 Å². The number of halogens is 1. The van der Waals surface area contributed by atoms with Crippen molar-refractivity contribution < 1.29 is 14.0 Å². The van der Waals surface area contributed by atoms with E-state index in [1.807, 2.05) is 24.3 Å². The molecule has 1 aliphatic rings. The van der Waals surface area contributed by atoms with E-state index >= 15 is 0 Å². The molecule has 2 amide bonds. The van der Waals surface area contributed by atoms with Crippen LogP contribution in [-0.4, -0.2) is 79.2 Å². The van der Waals surface area contributed by atoms with Gasteiger partial charge in [-0.25, -0.2) is 9.07 Å². The molecule has 0 aliphatic carbocycles. The molecule has 29 heavy (non-hydrogen) atoms. The summed E-state index contributed by atoms with van der Waals surface area (Å²) in [7, 11) is 5.03. The molecule has 10 heteroatoms. The van der Waals surface area contributed by atoms with Gasteiger partial charge in [-0.3, -0.25) is 14.3 Å². The summed E-state index contributed by atoms with van der Waals surface area (Å²) in [6.45, 7) is 0.261. The lowest BCUT2D eigenvalue weighted by Crippen LogP contribution is -2.38. The SMILES string of the molecule is CN(C)C(=O)c1cn(C[C@@H]2C[C@H](F)CN2C(=O)c2nn(C)c3ccccc23)nn1. The van der Waals surface area contributed by atoms with Gasteiger partial charge in [0.25, 0.3) is 11.8 Å². The highest BCUT2D eigenvalue weighted by Gasteiger charge is 2.37. The minimum atomic E-state index is -1.12. The van der Waals surface area contributed by atoms with E-state index in [-0.39, 0.29) is 37.0 Å². The number of carbonyl (C=O) groups is 2. The molecule has 1 saturated heterocycles. The first-order chi connectivity index (χ1) is 13.8. The number of carbonyl (C=O) groups excluding carboxylic acids is 2. The summed E-state index contributed by atoms with van der Waals surface area (Å²) in [5.41, 5.74) is 1.36. The van der Waals surface area contributed by atoms with Crippen LogP contribution in [0.25, 0.3) is 10.9 Å². The number of nitrogens with zero attached hydrogens (tertiary/aromatic N) is 7. The monoisotopic (exact) mass is 399 g/mol. The Hall–Kier alpha value is -3.30. The van der Waals surface area contributed by atoms with Crippen molar-refractivity contribution in [3.05, 3.63) is 41.9 Å². The summed E-state index contributed by atoms with van der Waals surface area (Å²) in [5.74, 6) is -0.574. The zero-order valence-corrected chi connectivity index (χ0v) is 16.5. The van der Waals surface area contributed by atoms with E-state index in [4.69, 9.17) is 0 Å². The molecule has 0 spiro atoms. The number of hydrogen-bond donors (Lipinski definition) is 0. The van der Waals surface area contributed by atoms with E-state index in [9.17, 15) is 14.0 Å². The maximum absolute atomic E-state index is 14.2. The number of amides is 2. The summed E-state index contributed by atoms with van der Waals surface area (Å²) < 4.78 is 17.4. The first kappa shape index (κ1) is 19.0. The molecule has 0 bridgehead atoms. The van der Waals surface area contributed by atoms with Crippen LogP contribution < -0.4 is 0 Å². The van der Waals surface area contributed by atoms with Gasteiger partial charge in [0.1, 0.15) is 6.17 Å². The third kappa shape index (κ3) is 3.45. The van der Waals surface area contributed by atoms with E-state index < -0.39 is 12.2 Å². The highest BCUT2D eigenvalue weighted by molar-refractivity contribution is 6.05. The lowest BCUT2D eigenvalue weighted by molar-refractivity contribution is 0.0709. The molecule has 152 valence electrons. The average Bonchev–Trinajstić information content (AvgIpc) is 3.39. The maximum Gasteiger partial charge on any atom is 0.275 e.